The summed E-state index contributed by atoms with van der Waals surface area (Å²) in [6, 6.07) is 0. The molecule has 11 nitrogen and oxygen atoms in total. The van der Waals surface area contributed by atoms with Crippen molar-refractivity contribution in [2.75, 3.05) is 20.8 Å². The molecule has 0 aromatic carbocycles. The average Bonchev–Trinajstić information content (AvgIpc) is 3.32. The van der Waals surface area contributed by atoms with Crippen LogP contribution in [0.3, 0.4) is 0 Å². The van der Waals surface area contributed by atoms with Crippen LogP contribution in [0.4, 0.5) is 0 Å². The second-order valence-electron chi connectivity index (χ2n) is 7.30. The molecule has 1 saturated carbocycles. The first kappa shape index (κ1) is 20.0. The Morgan fingerprint density at radius 3 is 2.61 bits per heavy atom. The van der Waals surface area contributed by atoms with Crippen LogP contribution in [0.25, 0.3) is 0 Å². The highest BCUT2D eigenvalue weighted by atomic mass is 16.8. The molecule has 3 fully saturated rings. The molecule has 0 spiro atoms. The number of carbonyl (C=O) groups excluding carboxylic acids is 1. The molecule has 0 amide bonds. The van der Waals surface area contributed by atoms with Crippen molar-refractivity contribution in [3.05, 3.63) is 11.8 Å². The Labute approximate surface area is 160 Å². The largest absolute Gasteiger partial charge is 0.471 e. The summed E-state index contributed by atoms with van der Waals surface area (Å²) in [7, 11) is 2.75. The molecule has 3 aliphatic heterocycles. The number of aliphatic hydroxyl groups excluding tert-OH is 4. The lowest BCUT2D eigenvalue weighted by atomic mass is 9.85. The SMILES string of the molecule is COC(=O)C1=CO[C@@H](O[C@@H]2O[C@H](CO)[C@@H](O)[C@H](O)[C@H]2O)[C@H]2[C@@H]1C[C@@H]1O[C@]21OC. The van der Waals surface area contributed by atoms with Gasteiger partial charge in [0.25, 0.3) is 0 Å². The highest BCUT2D eigenvalue weighted by Crippen LogP contribution is 2.61. The fourth-order valence-electron chi connectivity index (χ4n) is 4.43. The summed E-state index contributed by atoms with van der Waals surface area (Å²) < 4.78 is 32.7. The van der Waals surface area contributed by atoms with E-state index in [-0.39, 0.29) is 12.0 Å². The monoisotopic (exact) mass is 404 g/mol. The number of fused-ring (bicyclic) bond motifs is 3. The van der Waals surface area contributed by atoms with Crippen molar-refractivity contribution < 1.29 is 53.6 Å². The zero-order valence-corrected chi connectivity index (χ0v) is 15.3. The predicted molar refractivity (Wildman–Crippen MR) is 86.0 cm³/mol. The third-order valence-corrected chi connectivity index (χ3v) is 5.96. The number of rotatable bonds is 5. The Morgan fingerprint density at radius 1 is 1.21 bits per heavy atom. The van der Waals surface area contributed by atoms with Gasteiger partial charge in [-0.15, -0.1) is 0 Å². The first-order valence-corrected chi connectivity index (χ1v) is 9.00. The van der Waals surface area contributed by atoms with Crippen LogP contribution in [0.5, 0.6) is 0 Å². The Kier molecular flexibility index (Phi) is 5.13. The molecule has 4 aliphatic rings. The second-order valence-corrected chi connectivity index (χ2v) is 7.30. The van der Waals surface area contributed by atoms with Crippen molar-refractivity contribution in [2.24, 2.45) is 11.8 Å². The van der Waals surface area contributed by atoms with E-state index in [4.69, 9.17) is 28.4 Å². The quantitative estimate of drug-likeness (QED) is 0.286. The first-order valence-electron chi connectivity index (χ1n) is 9.00. The van der Waals surface area contributed by atoms with Gasteiger partial charge in [-0.3, -0.25) is 0 Å². The van der Waals surface area contributed by atoms with Gasteiger partial charge in [0.1, 0.15) is 30.5 Å². The minimum Gasteiger partial charge on any atom is -0.471 e. The number of carbonyl (C=O) groups is 1. The van der Waals surface area contributed by atoms with Crippen LogP contribution < -0.4 is 0 Å². The summed E-state index contributed by atoms with van der Waals surface area (Å²) in [6.07, 6.45) is -6.71. The van der Waals surface area contributed by atoms with E-state index in [0.29, 0.717) is 12.0 Å². The van der Waals surface area contributed by atoms with Crippen LogP contribution in [0.1, 0.15) is 6.42 Å². The maximum absolute atomic E-state index is 12.1. The molecular formula is C17H24O11. The Bertz CT molecular complexity index is 647. The molecule has 3 heterocycles. The Hall–Kier alpha value is -1.31. The number of hydrogen-bond acceptors (Lipinski definition) is 11. The van der Waals surface area contributed by atoms with E-state index in [2.05, 4.69) is 0 Å². The van der Waals surface area contributed by atoms with Gasteiger partial charge in [-0.2, -0.15) is 0 Å². The van der Waals surface area contributed by atoms with Crippen molar-refractivity contribution in [3.8, 4) is 0 Å². The van der Waals surface area contributed by atoms with E-state index in [0.717, 1.165) is 0 Å². The molecule has 11 heteroatoms. The third kappa shape index (κ3) is 2.85. The molecule has 0 bridgehead atoms. The number of ether oxygens (including phenoxy) is 6. The van der Waals surface area contributed by atoms with E-state index in [1.165, 1.54) is 20.5 Å². The first-order chi connectivity index (χ1) is 13.4. The highest BCUT2D eigenvalue weighted by Gasteiger charge is 2.74. The lowest BCUT2D eigenvalue weighted by molar-refractivity contribution is -0.348. The molecule has 0 unspecified atom stereocenters. The zero-order chi connectivity index (χ0) is 20.2. The minimum absolute atomic E-state index is 0.247. The van der Waals surface area contributed by atoms with Crippen LogP contribution in [0, 0.1) is 11.8 Å². The van der Waals surface area contributed by atoms with E-state index in [9.17, 15) is 25.2 Å². The molecule has 4 N–H and O–H groups in total. The normalized spacial score (nSPS) is 49.5. The minimum atomic E-state index is -1.58. The van der Waals surface area contributed by atoms with Gasteiger partial charge in [-0.1, -0.05) is 0 Å². The van der Waals surface area contributed by atoms with Crippen LogP contribution in [-0.4, -0.2) is 96.1 Å². The van der Waals surface area contributed by atoms with Crippen molar-refractivity contribution in [3.63, 3.8) is 0 Å². The summed E-state index contributed by atoms with van der Waals surface area (Å²) >= 11 is 0. The number of methoxy groups -OCH3 is 2. The molecule has 0 aromatic heterocycles. The van der Waals surface area contributed by atoms with Crippen LogP contribution >= 0.6 is 0 Å². The maximum atomic E-state index is 12.1. The molecule has 1 aliphatic carbocycles. The van der Waals surface area contributed by atoms with Crippen molar-refractivity contribution in [1.82, 2.24) is 0 Å². The topological polar surface area (TPSA) is 157 Å². The number of aliphatic hydroxyl groups is 4. The average molecular weight is 404 g/mol. The van der Waals surface area contributed by atoms with Crippen molar-refractivity contribution >= 4 is 5.97 Å². The summed E-state index contributed by atoms with van der Waals surface area (Å²) in [5, 5.41) is 39.4. The Balaban J connectivity index is 1.57. The lowest BCUT2D eigenvalue weighted by Crippen LogP contribution is -2.60. The van der Waals surface area contributed by atoms with Gasteiger partial charge in [-0.25, -0.2) is 4.79 Å². The molecule has 0 radical (unpaired) electrons. The van der Waals surface area contributed by atoms with Crippen LogP contribution in [-0.2, 0) is 33.2 Å². The second kappa shape index (κ2) is 7.18. The lowest BCUT2D eigenvalue weighted by Gasteiger charge is -2.43. The van der Waals surface area contributed by atoms with Gasteiger partial charge in [-0.05, 0) is 6.42 Å². The summed E-state index contributed by atoms with van der Waals surface area (Å²) in [4.78, 5) is 12.1. The molecule has 2 saturated heterocycles. The highest BCUT2D eigenvalue weighted by molar-refractivity contribution is 5.89. The van der Waals surface area contributed by atoms with Gasteiger partial charge < -0.3 is 48.8 Å². The molecule has 28 heavy (non-hydrogen) atoms. The Morgan fingerprint density at radius 2 is 1.96 bits per heavy atom. The van der Waals surface area contributed by atoms with Crippen molar-refractivity contribution in [2.45, 2.75) is 55.3 Å². The fourth-order valence-corrected chi connectivity index (χ4v) is 4.43. The van der Waals surface area contributed by atoms with Gasteiger partial charge in [0, 0.05) is 13.0 Å². The van der Waals surface area contributed by atoms with Gasteiger partial charge >= 0.3 is 5.97 Å². The molecule has 10 atom stereocenters. The summed E-state index contributed by atoms with van der Waals surface area (Å²) in [5.41, 5.74) is 0.327. The van der Waals surface area contributed by atoms with Gasteiger partial charge in [0.2, 0.25) is 12.1 Å². The number of epoxide rings is 1. The predicted octanol–water partition coefficient (Wildman–Crippen LogP) is -2.41. The van der Waals surface area contributed by atoms with Gasteiger partial charge in [0.15, 0.2) is 6.29 Å². The van der Waals surface area contributed by atoms with Crippen molar-refractivity contribution in [1.29, 1.82) is 0 Å². The molecular weight excluding hydrogens is 380 g/mol. The maximum Gasteiger partial charge on any atom is 0.337 e. The van der Waals surface area contributed by atoms with Crippen LogP contribution in [0.15, 0.2) is 11.8 Å². The summed E-state index contributed by atoms with van der Waals surface area (Å²) in [6.45, 7) is -0.581. The summed E-state index contributed by atoms with van der Waals surface area (Å²) in [5.74, 6) is -2.42. The van der Waals surface area contributed by atoms with E-state index >= 15 is 0 Å². The van der Waals surface area contributed by atoms with E-state index in [1.807, 2.05) is 0 Å². The molecule has 4 rings (SSSR count). The molecule has 0 aromatic rings. The van der Waals surface area contributed by atoms with Crippen LogP contribution in [0.2, 0.25) is 0 Å². The fraction of sp³-hybridized carbons (Fsp3) is 0.824. The van der Waals surface area contributed by atoms with E-state index in [1.54, 1.807) is 0 Å². The standard InChI is InChI=1S/C17H24O11/c1-23-14(22)7-5-25-15(10-6(7)3-9-17(10,24-2)28-9)27-16-13(21)12(20)11(19)8(4-18)26-16/h5-6,8-13,15-16,18-21H,3-4H2,1-2H3/t6-,8-,9+,10-,11-,12+,13-,15+,16+,17+/m1/s1. The third-order valence-electron chi connectivity index (χ3n) is 5.96. The number of hydrogen-bond donors (Lipinski definition) is 4. The van der Waals surface area contributed by atoms with Gasteiger partial charge in [0.05, 0.1) is 31.5 Å². The molecule has 158 valence electrons. The smallest absolute Gasteiger partial charge is 0.337 e. The zero-order valence-electron chi connectivity index (χ0n) is 15.3. The number of esters is 1. The van der Waals surface area contributed by atoms with E-state index < -0.39 is 61.3 Å².